The van der Waals surface area contributed by atoms with Crippen LogP contribution in [0.25, 0.3) is 0 Å². The van der Waals surface area contributed by atoms with Gasteiger partial charge in [0.2, 0.25) is 0 Å². The number of sulfone groups is 1. The maximum absolute atomic E-state index is 11.5. The topological polar surface area (TPSA) is 75.6 Å². The van der Waals surface area contributed by atoms with Gasteiger partial charge in [0.05, 0.1) is 16.5 Å². The summed E-state index contributed by atoms with van der Waals surface area (Å²) in [6.07, 6.45) is 0.773. The van der Waals surface area contributed by atoms with Crippen LogP contribution in [0.3, 0.4) is 0 Å². The lowest BCUT2D eigenvalue weighted by atomic mass is 10.2. The van der Waals surface area contributed by atoms with Gasteiger partial charge in [0.25, 0.3) is 0 Å². The lowest BCUT2D eigenvalue weighted by Gasteiger charge is -2.24. The van der Waals surface area contributed by atoms with Crippen LogP contribution >= 0.6 is 11.6 Å². The first-order valence-electron chi connectivity index (χ1n) is 6.95. The molecule has 2 rings (SSSR count). The highest BCUT2D eigenvalue weighted by Gasteiger charge is 2.24. The van der Waals surface area contributed by atoms with Crippen molar-refractivity contribution in [2.45, 2.75) is 25.0 Å². The Bertz CT molecular complexity index is 564. The average Bonchev–Trinajstić information content (AvgIpc) is 2.43. The third-order valence-electron chi connectivity index (χ3n) is 3.37. The van der Waals surface area contributed by atoms with Gasteiger partial charge in [-0.3, -0.25) is 0 Å². The van der Waals surface area contributed by atoms with E-state index in [2.05, 4.69) is 5.32 Å². The molecule has 5 nitrogen and oxygen atoms in total. The Hall–Kier alpha value is -0.820. The molecule has 1 aliphatic rings. The molecule has 0 spiro atoms. The van der Waals surface area contributed by atoms with E-state index in [9.17, 15) is 13.5 Å². The minimum Gasteiger partial charge on any atom is -0.489 e. The second kappa shape index (κ2) is 7.45. The minimum atomic E-state index is -2.93. The summed E-state index contributed by atoms with van der Waals surface area (Å²) in [5.74, 6) is 0.938. The maximum Gasteiger partial charge on any atom is 0.151 e. The van der Waals surface area contributed by atoms with Gasteiger partial charge in [0.1, 0.15) is 18.5 Å². The van der Waals surface area contributed by atoms with Crippen molar-refractivity contribution >= 4 is 21.4 Å². The molecule has 1 fully saturated rings. The molecule has 0 amide bonds. The molecule has 0 aliphatic carbocycles. The summed E-state index contributed by atoms with van der Waals surface area (Å²) in [5, 5.41) is 13.5. The molecular weight excluding hydrogens is 314 g/mol. The standard InChI is InChI=1S/C14H20ClNO4S/c15-13-5-1-2-6-14(13)20-9-12(17)8-16-11-4-3-7-21(18,19)10-11/h1-2,5-6,11-12,16-17H,3-4,7-10H2. The molecule has 0 bridgehead atoms. The number of rotatable bonds is 6. The lowest BCUT2D eigenvalue weighted by molar-refractivity contribution is 0.104. The Morgan fingerprint density at radius 1 is 1.43 bits per heavy atom. The monoisotopic (exact) mass is 333 g/mol. The number of aliphatic hydroxyl groups is 1. The second-order valence-electron chi connectivity index (χ2n) is 5.26. The van der Waals surface area contributed by atoms with Crippen molar-refractivity contribution in [1.29, 1.82) is 0 Å². The number of nitrogens with one attached hydrogen (secondary N) is 1. The largest absolute Gasteiger partial charge is 0.489 e. The molecule has 2 unspecified atom stereocenters. The van der Waals surface area contributed by atoms with E-state index in [0.717, 1.165) is 6.42 Å². The Labute approximate surface area is 130 Å². The van der Waals surface area contributed by atoms with E-state index in [-0.39, 0.29) is 24.2 Å². The van der Waals surface area contributed by atoms with E-state index in [1.807, 2.05) is 0 Å². The highest BCUT2D eigenvalue weighted by molar-refractivity contribution is 7.91. The average molecular weight is 334 g/mol. The fourth-order valence-corrected chi connectivity index (χ4v) is 4.15. The summed E-state index contributed by atoms with van der Waals surface area (Å²) in [6, 6.07) is 6.97. The molecule has 0 saturated carbocycles. The lowest BCUT2D eigenvalue weighted by Crippen LogP contribution is -2.44. The molecule has 1 saturated heterocycles. The third kappa shape index (κ3) is 5.47. The molecule has 2 N–H and O–H groups in total. The van der Waals surface area contributed by atoms with Crippen LogP contribution < -0.4 is 10.1 Å². The SMILES string of the molecule is O=S1(=O)CCCC(NCC(O)COc2ccccc2Cl)C1. The predicted octanol–water partition coefficient (Wildman–Crippen LogP) is 1.25. The van der Waals surface area contributed by atoms with Crippen LogP contribution in [0.1, 0.15) is 12.8 Å². The van der Waals surface area contributed by atoms with Crippen molar-refractivity contribution in [3.05, 3.63) is 29.3 Å². The van der Waals surface area contributed by atoms with Crippen LogP contribution in [0.5, 0.6) is 5.75 Å². The molecule has 1 aromatic rings. The molecule has 7 heteroatoms. The molecule has 0 aromatic heterocycles. The quantitative estimate of drug-likeness (QED) is 0.819. The summed E-state index contributed by atoms with van der Waals surface area (Å²) >= 11 is 5.95. The second-order valence-corrected chi connectivity index (χ2v) is 7.89. The number of hydrogen-bond donors (Lipinski definition) is 2. The summed E-state index contributed by atoms with van der Waals surface area (Å²) in [5.41, 5.74) is 0. The first-order valence-corrected chi connectivity index (χ1v) is 9.15. The molecule has 1 aliphatic heterocycles. The minimum absolute atomic E-state index is 0.0845. The van der Waals surface area contributed by atoms with Gasteiger partial charge in [-0.05, 0) is 25.0 Å². The van der Waals surface area contributed by atoms with E-state index in [4.69, 9.17) is 16.3 Å². The summed E-state index contributed by atoms with van der Waals surface area (Å²) in [4.78, 5) is 0. The first-order chi connectivity index (χ1) is 9.96. The van der Waals surface area contributed by atoms with Crippen LogP contribution in [0.15, 0.2) is 24.3 Å². The number of ether oxygens (including phenoxy) is 1. The van der Waals surface area contributed by atoms with Gasteiger partial charge in [-0.25, -0.2) is 8.42 Å². The Balaban J connectivity index is 1.73. The number of para-hydroxylation sites is 1. The third-order valence-corrected chi connectivity index (χ3v) is 5.51. The molecular formula is C14H20ClNO4S. The smallest absolute Gasteiger partial charge is 0.151 e. The van der Waals surface area contributed by atoms with Gasteiger partial charge in [0.15, 0.2) is 9.84 Å². The van der Waals surface area contributed by atoms with Gasteiger partial charge >= 0.3 is 0 Å². The van der Waals surface area contributed by atoms with Crippen LogP contribution in [0.4, 0.5) is 0 Å². The Kier molecular flexibility index (Phi) is 5.87. The summed E-state index contributed by atoms with van der Waals surface area (Å²) in [6.45, 7) is 0.404. The number of benzene rings is 1. The maximum atomic E-state index is 11.5. The fraction of sp³-hybridized carbons (Fsp3) is 0.571. The van der Waals surface area contributed by atoms with Crippen LogP contribution in [0.2, 0.25) is 5.02 Å². The Morgan fingerprint density at radius 2 is 2.19 bits per heavy atom. The van der Waals surface area contributed by atoms with Crippen molar-refractivity contribution in [3.63, 3.8) is 0 Å². The van der Waals surface area contributed by atoms with Crippen molar-refractivity contribution in [1.82, 2.24) is 5.32 Å². The van der Waals surface area contributed by atoms with Gasteiger partial charge in [0, 0.05) is 12.6 Å². The summed E-state index contributed by atoms with van der Waals surface area (Å²) in [7, 11) is -2.93. The van der Waals surface area contributed by atoms with Gasteiger partial charge in [-0.1, -0.05) is 23.7 Å². The normalized spacial score (nSPS) is 22.7. The molecule has 2 atom stereocenters. The Morgan fingerprint density at radius 3 is 2.90 bits per heavy atom. The van der Waals surface area contributed by atoms with Crippen molar-refractivity contribution in [2.75, 3.05) is 24.7 Å². The fourth-order valence-electron chi connectivity index (χ4n) is 2.29. The predicted molar refractivity (Wildman–Crippen MR) is 82.6 cm³/mol. The van der Waals surface area contributed by atoms with Crippen molar-refractivity contribution in [2.24, 2.45) is 0 Å². The molecule has 0 radical (unpaired) electrons. The molecule has 1 aromatic carbocycles. The zero-order valence-electron chi connectivity index (χ0n) is 11.7. The first kappa shape index (κ1) is 16.5. The highest BCUT2D eigenvalue weighted by atomic mass is 35.5. The zero-order valence-corrected chi connectivity index (χ0v) is 13.2. The van der Waals surface area contributed by atoms with E-state index < -0.39 is 15.9 Å². The zero-order chi connectivity index (χ0) is 15.3. The van der Waals surface area contributed by atoms with Gasteiger partial charge in [-0.2, -0.15) is 0 Å². The van der Waals surface area contributed by atoms with Crippen LogP contribution in [-0.4, -0.2) is 50.3 Å². The van der Waals surface area contributed by atoms with E-state index >= 15 is 0 Å². The summed E-state index contributed by atoms with van der Waals surface area (Å²) < 4.78 is 28.5. The van der Waals surface area contributed by atoms with E-state index in [1.54, 1.807) is 24.3 Å². The van der Waals surface area contributed by atoms with Crippen LogP contribution in [0, 0.1) is 0 Å². The number of aliphatic hydroxyl groups excluding tert-OH is 1. The van der Waals surface area contributed by atoms with Crippen LogP contribution in [-0.2, 0) is 9.84 Å². The van der Waals surface area contributed by atoms with Crippen molar-refractivity contribution < 1.29 is 18.3 Å². The van der Waals surface area contributed by atoms with Gasteiger partial charge < -0.3 is 15.2 Å². The molecule has 118 valence electrons. The van der Waals surface area contributed by atoms with Gasteiger partial charge in [-0.15, -0.1) is 0 Å². The van der Waals surface area contributed by atoms with E-state index in [1.165, 1.54) is 0 Å². The molecule has 21 heavy (non-hydrogen) atoms. The van der Waals surface area contributed by atoms with E-state index in [0.29, 0.717) is 23.7 Å². The number of hydrogen-bond acceptors (Lipinski definition) is 5. The number of halogens is 1. The molecule has 1 heterocycles. The highest BCUT2D eigenvalue weighted by Crippen LogP contribution is 2.23. The van der Waals surface area contributed by atoms with Crippen molar-refractivity contribution in [3.8, 4) is 5.75 Å².